The molecule has 0 radical (unpaired) electrons. The molecule has 20 heavy (non-hydrogen) atoms. The van der Waals surface area contributed by atoms with Gasteiger partial charge in [-0.15, -0.1) is 0 Å². The number of halogens is 1. The molecule has 0 atom stereocenters. The van der Waals surface area contributed by atoms with Crippen LogP contribution in [0.15, 0.2) is 6.07 Å². The molecule has 2 aliphatic carbocycles. The van der Waals surface area contributed by atoms with Crippen molar-refractivity contribution in [3.8, 4) is 0 Å². The molecule has 0 bridgehead atoms. The Hall–Kier alpha value is -0.870. The van der Waals surface area contributed by atoms with Gasteiger partial charge in [0.05, 0.1) is 12.2 Å². The summed E-state index contributed by atoms with van der Waals surface area (Å²) in [7, 11) is 0. The maximum atomic E-state index is 6.18. The monoisotopic (exact) mass is 293 g/mol. The molecule has 1 aromatic heterocycles. The van der Waals surface area contributed by atoms with Crippen molar-refractivity contribution < 1.29 is 4.74 Å². The molecule has 1 aromatic rings. The van der Waals surface area contributed by atoms with E-state index in [0.717, 1.165) is 31.3 Å². The molecule has 2 saturated carbocycles. The van der Waals surface area contributed by atoms with Gasteiger partial charge < -0.3 is 9.64 Å². The van der Waals surface area contributed by atoms with Gasteiger partial charge in [-0.05, 0) is 25.7 Å². The highest BCUT2D eigenvalue weighted by Gasteiger charge is 2.40. The lowest BCUT2D eigenvalue weighted by Gasteiger charge is -2.41. The normalized spacial score (nSPS) is 25.4. The van der Waals surface area contributed by atoms with Gasteiger partial charge in [0.2, 0.25) is 0 Å². The Labute approximate surface area is 124 Å². The van der Waals surface area contributed by atoms with E-state index in [1.807, 2.05) is 6.07 Å². The highest BCUT2D eigenvalue weighted by Crippen LogP contribution is 2.40. The molecule has 4 rings (SSSR count). The quantitative estimate of drug-likeness (QED) is 0.785. The van der Waals surface area contributed by atoms with Crippen molar-refractivity contribution in [2.24, 2.45) is 0 Å². The molecule has 0 N–H and O–H groups in total. The lowest BCUT2D eigenvalue weighted by molar-refractivity contribution is -0.0503. The summed E-state index contributed by atoms with van der Waals surface area (Å²) in [6.45, 7) is 2.64. The van der Waals surface area contributed by atoms with Crippen molar-refractivity contribution >= 4 is 17.4 Å². The van der Waals surface area contributed by atoms with Crippen molar-refractivity contribution in [2.45, 2.75) is 50.0 Å². The van der Waals surface area contributed by atoms with E-state index in [2.05, 4.69) is 9.88 Å². The minimum Gasteiger partial charge on any atom is -0.371 e. The molecule has 1 saturated heterocycles. The zero-order valence-electron chi connectivity index (χ0n) is 11.6. The van der Waals surface area contributed by atoms with Gasteiger partial charge in [-0.25, -0.2) is 9.97 Å². The maximum Gasteiger partial charge on any atom is 0.135 e. The molecular formula is C15H20ClN3O. The third-order valence-electron chi connectivity index (χ3n) is 4.73. The van der Waals surface area contributed by atoms with Gasteiger partial charge in [-0.2, -0.15) is 0 Å². The minimum absolute atomic E-state index is 0.0649. The van der Waals surface area contributed by atoms with Crippen molar-refractivity contribution in [2.75, 3.05) is 24.6 Å². The number of aromatic nitrogens is 2. The summed E-state index contributed by atoms with van der Waals surface area (Å²) >= 11 is 6.18. The summed E-state index contributed by atoms with van der Waals surface area (Å²) in [6, 6.07) is 1.90. The Morgan fingerprint density at radius 1 is 1.25 bits per heavy atom. The maximum absolute atomic E-state index is 6.18. The SMILES string of the molecule is Clc1cc(N2CCOC3(CCCC3)C2)nc(C2CC2)n1. The first kappa shape index (κ1) is 12.8. The molecule has 3 fully saturated rings. The van der Waals surface area contributed by atoms with Crippen LogP contribution in [0.1, 0.15) is 50.3 Å². The Kier molecular flexibility index (Phi) is 3.11. The van der Waals surface area contributed by atoms with E-state index < -0.39 is 0 Å². The van der Waals surface area contributed by atoms with E-state index in [9.17, 15) is 0 Å². The molecular weight excluding hydrogens is 274 g/mol. The molecule has 2 heterocycles. The first-order chi connectivity index (χ1) is 9.74. The van der Waals surface area contributed by atoms with Crippen LogP contribution in [-0.2, 0) is 4.74 Å². The summed E-state index contributed by atoms with van der Waals surface area (Å²) in [5.41, 5.74) is 0.0649. The van der Waals surface area contributed by atoms with Gasteiger partial charge in [-0.1, -0.05) is 24.4 Å². The number of rotatable bonds is 2. The van der Waals surface area contributed by atoms with Crippen LogP contribution in [0.2, 0.25) is 5.15 Å². The van der Waals surface area contributed by atoms with E-state index in [0.29, 0.717) is 11.1 Å². The van der Waals surface area contributed by atoms with Crippen LogP contribution >= 0.6 is 11.6 Å². The highest BCUT2D eigenvalue weighted by atomic mass is 35.5. The lowest BCUT2D eigenvalue weighted by atomic mass is 10.00. The van der Waals surface area contributed by atoms with Crippen LogP contribution in [-0.4, -0.2) is 35.3 Å². The van der Waals surface area contributed by atoms with Crippen LogP contribution < -0.4 is 4.90 Å². The Balaban J connectivity index is 1.59. The summed E-state index contributed by atoms with van der Waals surface area (Å²) in [6.07, 6.45) is 7.33. The number of morpholine rings is 1. The first-order valence-corrected chi connectivity index (χ1v) is 8.05. The van der Waals surface area contributed by atoms with E-state index in [1.54, 1.807) is 0 Å². The standard InChI is InChI=1S/C15H20ClN3O/c16-12-9-13(18-14(17-12)11-3-4-11)19-7-8-20-15(10-19)5-1-2-6-15/h9,11H,1-8,10H2. The minimum atomic E-state index is 0.0649. The third-order valence-corrected chi connectivity index (χ3v) is 4.92. The predicted octanol–water partition coefficient (Wildman–Crippen LogP) is 3.16. The van der Waals surface area contributed by atoms with Crippen LogP contribution in [0.5, 0.6) is 0 Å². The molecule has 4 nitrogen and oxygen atoms in total. The number of nitrogens with zero attached hydrogens (tertiary/aromatic N) is 3. The van der Waals surface area contributed by atoms with Gasteiger partial charge in [0.25, 0.3) is 0 Å². The predicted molar refractivity (Wildman–Crippen MR) is 78.4 cm³/mol. The average Bonchev–Trinajstić information content (AvgIpc) is 3.21. The van der Waals surface area contributed by atoms with E-state index in [4.69, 9.17) is 21.3 Å². The second-order valence-corrected chi connectivity index (χ2v) is 6.73. The smallest absolute Gasteiger partial charge is 0.135 e. The zero-order valence-corrected chi connectivity index (χ0v) is 12.4. The van der Waals surface area contributed by atoms with Gasteiger partial charge in [0, 0.05) is 25.1 Å². The Morgan fingerprint density at radius 2 is 2.05 bits per heavy atom. The van der Waals surface area contributed by atoms with Crippen LogP contribution in [0.25, 0.3) is 0 Å². The second kappa shape index (κ2) is 4.85. The summed E-state index contributed by atoms with van der Waals surface area (Å²) in [5, 5.41) is 0.573. The molecule has 0 unspecified atom stereocenters. The number of anilines is 1. The Morgan fingerprint density at radius 3 is 2.80 bits per heavy atom. The largest absolute Gasteiger partial charge is 0.371 e. The molecule has 0 amide bonds. The lowest BCUT2D eigenvalue weighted by Crippen LogP contribution is -2.50. The van der Waals surface area contributed by atoms with Crippen molar-refractivity contribution in [3.05, 3.63) is 17.0 Å². The van der Waals surface area contributed by atoms with Crippen LogP contribution in [0.4, 0.5) is 5.82 Å². The van der Waals surface area contributed by atoms with Gasteiger partial charge in [0.1, 0.15) is 16.8 Å². The first-order valence-electron chi connectivity index (χ1n) is 7.68. The van der Waals surface area contributed by atoms with Gasteiger partial charge >= 0.3 is 0 Å². The number of hydrogen-bond acceptors (Lipinski definition) is 4. The molecule has 1 spiro atoms. The van der Waals surface area contributed by atoms with Crippen molar-refractivity contribution in [1.29, 1.82) is 0 Å². The molecule has 108 valence electrons. The molecule has 3 aliphatic rings. The van der Waals surface area contributed by atoms with E-state index >= 15 is 0 Å². The van der Waals surface area contributed by atoms with E-state index in [1.165, 1.54) is 38.5 Å². The van der Waals surface area contributed by atoms with Crippen molar-refractivity contribution in [3.63, 3.8) is 0 Å². The summed E-state index contributed by atoms with van der Waals surface area (Å²) in [4.78, 5) is 11.5. The molecule has 1 aliphatic heterocycles. The number of ether oxygens (including phenoxy) is 1. The van der Waals surface area contributed by atoms with Crippen LogP contribution in [0, 0.1) is 0 Å². The summed E-state index contributed by atoms with van der Waals surface area (Å²) in [5.74, 6) is 2.45. The highest BCUT2D eigenvalue weighted by molar-refractivity contribution is 6.29. The molecule has 5 heteroatoms. The van der Waals surface area contributed by atoms with E-state index in [-0.39, 0.29) is 5.60 Å². The fourth-order valence-corrected chi connectivity index (χ4v) is 3.66. The Bertz CT molecular complexity index is 512. The topological polar surface area (TPSA) is 38.2 Å². The fraction of sp³-hybridized carbons (Fsp3) is 0.733. The second-order valence-electron chi connectivity index (χ2n) is 6.34. The zero-order chi connectivity index (χ0) is 13.6. The summed E-state index contributed by atoms with van der Waals surface area (Å²) < 4.78 is 6.08. The van der Waals surface area contributed by atoms with Gasteiger partial charge in [0.15, 0.2) is 0 Å². The number of hydrogen-bond donors (Lipinski definition) is 0. The third kappa shape index (κ3) is 2.40. The fourth-order valence-electron chi connectivity index (χ4n) is 3.47. The van der Waals surface area contributed by atoms with Gasteiger partial charge in [-0.3, -0.25) is 0 Å². The average molecular weight is 294 g/mol. The molecule has 0 aromatic carbocycles. The van der Waals surface area contributed by atoms with Crippen molar-refractivity contribution in [1.82, 2.24) is 9.97 Å². The van der Waals surface area contributed by atoms with Crippen LogP contribution in [0.3, 0.4) is 0 Å².